The lowest BCUT2D eigenvalue weighted by molar-refractivity contribution is -0.870. The Kier molecular flexibility index (Phi) is 42.1. The third-order valence-corrected chi connectivity index (χ3v) is 11.0. The number of hydrogen-bond donors (Lipinski definition) is 0. The van der Waals surface area contributed by atoms with Gasteiger partial charge in [-0.25, -0.2) is 0 Å². The van der Waals surface area contributed by atoms with Crippen molar-refractivity contribution in [2.45, 2.75) is 193 Å². The Labute approximate surface area is 370 Å². The number of phosphoric ester groups is 1. The molecule has 0 N–H and O–H groups in total. The molecule has 0 fully saturated rings. The standard InChI is InChI=1S/C51H92NO7P/c1-6-8-10-12-14-16-18-20-22-23-24-25-26-27-28-29-30-31-33-35-37-39-41-43-46-56-48-50(49-58-60(54,55)57-47-45-52(3,4)5)59-51(53)44-42-40-38-36-34-32-21-19-17-15-13-11-9-7-2/h8,10,14,16,20,22,24-25,27-28,30-31,50H,6-7,9,11-13,15,17-19,21,23,26,29,32-49H2,1-5H3/b10-8-,16-14-,22-20-,25-24-,28-27-,31-30-. The van der Waals surface area contributed by atoms with Crippen LogP contribution in [-0.4, -0.2) is 70.7 Å². The Balaban J connectivity index is 4.22. The molecule has 0 radical (unpaired) electrons. The first-order chi connectivity index (χ1) is 29.1. The van der Waals surface area contributed by atoms with Gasteiger partial charge in [0.1, 0.15) is 19.3 Å². The summed E-state index contributed by atoms with van der Waals surface area (Å²) in [5.41, 5.74) is 0. The lowest BCUT2D eigenvalue weighted by atomic mass is 10.0. The van der Waals surface area contributed by atoms with E-state index < -0.39 is 13.9 Å². The number of ether oxygens (including phenoxy) is 2. The molecule has 348 valence electrons. The van der Waals surface area contributed by atoms with Crippen LogP contribution in [0.5, 0.6) is 0 Å². The van der Waals surface area contributed by atoms with Gasteiger partial charge in [-0.05, 0) is 64.2 Å². The zero-order chi connectivity index (χ0) is 44.1. The zero-order valence-corrected chi connectivity index (χ0v) is 40.3. The second-order valence-electron chi connectivity index (χ2n) is 17.1. The molecule has 0 aliphatic heterocycles. The normalized spacial score (nSPS) is 14.3. The first-order valence-electron chi connectivity index (χ1n) is 24.2. The average Bonchev–Trinajstić information content (AvgIpc) is 3.20. The van der Waals surface area contributed by atoms with Crippen LogP contribution in [0.2, 0.25) is 0 Å². The molecule has 0 aromatic heterocycles. The van der Waals surface area contributed by atoms with Gasteiger partial charge < -0.3 is 27.9 Å². The highest BCUT2D eigenvalue weighted by Crippen LogP contribution is 2.38. The topological polar surface area (TPSA) is 94.1 Å². The van der Waals surface area contributed by atoms with Crippen molar-refractivity contribution in [1.82, 2.24) is 0 Å². The van der Waals surface area contributed by atoms with Crippen LogP contribution in [0, 0.1) is 0 Å². The molecule has 0 bridgehead atoms. The van der Waals surface area contributed by atoms with E-state index in [1.54, 1.807) is 0 Å². The summed E-state index contributed by atoms with van der Waals surface area (Å²) in [6, 6.07) is 0. The number of esters is 1. The summed E-state index contributed by atoms with van der Waals surface area (Å²) >= 11 is 0. The third-order valence-electron chi connectivity index (χ3n) is 10.0. The molecule has 0 aliphatic rings. The highest BCUT2D eigenvalue weighted by Gasteiger charge is 2.20. The van der Waals surface area contributed by atoms with E-state index in [1.165, 1.54) is 83.5 Å². The maximum Gasteiger partial charge on any atom is 0.306 e. The van der Waals surface area contributed by atoms with E-state index >= 15 is 0 Å². The van der Waals surface area contributed by atoms with Crippen molar-refractivity contribution in [2.75, 3.05) is 54.1 Å². The van der Waals surface area contributed by atoms with Crippen LogP contribution >= 0.6 is 7.82 Å². The lowest BCUT2D eigenvalue weighted by Gasteiger charge is -2.28. The minimum atomic E-state index is -4.54. The van der Waals surface area contributed by atoms with Gasteiger partial charge in [0.05, 0.1) is 34.4 Å². The maximum atomic E-state index is 12.7. The Morgan fingerprint density at radius 2 is 0.967 bits per heavy atom. The fraction of sp³-hybridized carbons (Fsp3) is 0.745. The number of unbranched alkanes of at least 4 members (excludes halogenated alkanes) is 18. The highest BCUT2D eigenvalue weighted by atomic mass is 31.2. The molecule has 0 saturated carbocycles. The first kappa shape index (κ1) is 57.9. The molecule has 0 aromatic rings. The molecule has 0 saturated heterocycles. The van der Waals surface area contributed by atoms with Gasteiger partial charge in [0, 0.05) is 13.0 Å². The number of rotatable bonds is 44. The second-order valence-corrected chi connectivity index (χ2v) is 18.5. The summed E-state index contributed by atoms with van der Waals surface area (Å²) in [5.74, 6) is -0.343. The van der Waals surface area contributed by atoms with Crippen molar-refractivity contribution in [2.24, 2.45) is 0 Å². The van der Waals surface area contributed by atoms with Crippen molar-refractivity contribution < 1.29 is 37.3 Å². The minimum absolute atomic E-state index is 0.0196. The molecule has 9 heteroatoms. The Morgan fingerprint density at radius 3 is 1.45 bits per heavy atom. The largest absolute Gasteiger partial charge is 0.756 e. The Morgan fingerprint density at radius 1 is 0.533 bits per heavy atom. The predicted octanol–water partition coefficient (Wildman–Crippen LogP) is 14.0. The molecule has 0 heterocycles. The predicted molar refractivity (Wildman–Crippen MR) is 254 cm³/mol. The molecule has 2 atom stereocenters. The number of hydrogen-bond acceptors (Lipinski definition) is 7. The van der Waals surface area contributed by atoms with Crippen LogP contribution in [0.3, 0.4) is 0 Å². The zero-order valence-electron chi connectivity index (χ0n) is 39.4. The number of carbonyl (C=O) groups excluding carboxylic acids is 1. The van der Waals surface area contributed by atoms with Crippen molar-refractivity contribution in [3.05, 3.63) is 72.9 Å². The highest BCUT2D eigenvalue weighted by molar-refractivity contribution is 7.45. The van der Waals surface area contributed by atoms with Crippen LogP contribution in [-0.2, 0) is 27.9 Å². The number of quaternary nitrogens is 1. The number of likely N-dealkylation sites (N-methyl/N-ethyl adjacent to an activating group) is 1. The van der Waals surface area contributed by atoms with E-state index in [1.807, 2.05) is 21.1 Å². The van der Waals surface area contributed by atoms with Crippen molar-refractivity contribution >= 4 is 13.8 Å². The first-order valence-corrected chi connectivity index (χ1v) is 25.6. The summed E-state index contributed by atoms with van der Waals surface area (Å²) in [4.78, 5) is 25.1. The molecule has 0 aliphatic carbocycles. The van der Waals surface area contributed by atoms with Crippen LogP contribution in [0.25, 0.3) is 0 Å². The lowest BCUT2D eigenvalue weighted by Crippen LogP contribution is -2.37. The SMILES string of the molecule is CC/C=C\C/C=C\C/C=C\C/C=C\C/C=C\C/C=C\CCCCCCCOCC(COP(=O)([O-])OCC[N+](C)(C)C)OC(=O)CCCCCCCCCCCCCCCC. The smallest absolute Gasteiger partial charge is 0.306 e. The van der Waals surface area contributed by atoms with Crippen molar-refractivity contribution in [3.63, 3.8) is 0 Å². The van der Waals surface area contributed by atoms with Crippen molar-refractivity contribution in [3.8, 4) is 0 Å². The van der Waals surface area contributed by atoms with Gasteiger partial charge in [0.2, 0.25) is 0 Å². The second kappa shape index (κ2) is 43.6. The van der Waals surface area contributed by atoms with Crippen LogP contribution in [0.1, 0.15) is 187 Å². The van der Waals surface area contributed by atoms with Gasteiger partial charge in [-0.15, -0.1) is 0 Å². The molecule has 0 spiro atoms. The monoisotopic (exact) mass is 862 g/mol. The van der Waals surface area contributed by atoms with E-state index in [-0.39, 0.29) is 25.8 Å². The van der Waals surface area contributed by atoms with Gasteiger partial charge in [-0.3, -0.25) is 9.36 Å². The summed E-state index contributed by atoms with van der Waals surface area (Å²) in [6.07, 6.45) is 56.3. The maximum absolute atomic E-state index is 12.7. The molecule has 0 rings (SSSR count). The van der Waals surface area contributed by atoms with Crippen LogP contribution in [0.15, 0.2) is 72.9 Å². The summed E-state index contributed by atoms with van der Waals surface area (Å²) in [5, 5.41) is 0. The molecule has 0 aromatic carbocycles. The van der Waals surface area contributed by atoms with E-state index in [2.05, 4.69) is 86.8 Å². The molecule has 8 nitrogen and oxygen atoms in total. The minimum Gasteiger partial charge on any atom is -0.756 e. The van der Waals surface area contributed by atoms with E-state index in [0.717, 1.165) is 83.5 Å². The van der Waals surface area contributed by atoms with Crippen LogP contribution < -0.4 is 4.89 Å². The van der Waals surface area contributed by atoms with Gasteiger partial charge in [0.15, 0.2) is 0 Å². The number of phosphoric acid groups is 1. The summed E-state index contributed by atoms with van der Waals surface area (Å²) < 4.78 is 34.6. The van der Waals surface area contributed by atoms with Gasteiger partial charge in [0.25, 0.3) is 7.82 Å². The number of carbonyl (C=O) groups is 1. The van der Waals surface area contributed by atoms with Gasteiger partial charge in [-0.1, -0.05) is 189 Å². The average molecular weight is 862 g/mol. The fourth-order valence-corrected chi connectivity index (χ4v) is 7.04. The molecule has 0 amide bonds. The van der Waals surface area contributed by atoms with Crippen molar-refractivity contribution in [1.29, 1.82) is 0 Å². The quantitative estimate of drug-likeness (QED) is 0.0198. The third kappa shape index (κ3) is 47.0. The summed E-state index contributed by atoms with van der Waals surface area (Å²) in [6.45, 7) is 5.25. The van der Waals surface area contributed by atoms with Crippen LogP contribution in [0.4, 0.5) is 0 Å². The summed E-state index contributed by atoms with van der Waals surface area (Å²) in [7, 11) is 1.34. The number of nitrogens with zero attached hydrogens (tertiary/aromatic N) is 1. The Hall–Kier alpha value is -2.06. The molecule has 60 heavy (non-hydrogen) atoms. The van der Waals surface area contributed by atoms with E-state index in [9.17, 15) is 14.3 Å². The molecular formula is C51H92NO7P. The molecule has 2 unspecified atom stereocenters. The van der Waals surface area contributed by atoms with E-state index in [0.29, 0.717) is 24.1 Å². The molecular weight excluding hydrogens is 770 g/mol. The van der Waals surface area contributed by atoms with E-state index in [4.69, 9.17) is 18.5 Å². The fourth-order valence-electron chi connectivity index (χ4n) is 6.31. The number of allylic oxidation sites excluding steroid dienone is 12. The van der Waals surface area contributed by atoms with Gasteiger partial charge >= 0.3 is 5.97 Å². The Bertz CT molecular complexity index is 1190. The van der Waals surface area contributed by atoms with Gasteiger partial charge in [-0.2, -0.15) is 0 Å².